The van der Waals surface area contributed by atoms with Crippen LogP contribution < -0.4 is 0 Å². The molecule has 0 radical (unpaired) electrons. The van der Waals surface area contributed by atoms with E-state index >= 15 is 0 Å². The molecule has 1 aromatic rings. The Hall–Kier alpha value is -1.17. The van der Waals surface area contributed by atoms with Gasteiger partial charge in [0.15, 0.2) is 0 Å². The monoisotopic (exact) mass is 264 g/mol. The molecule has 17 heavy (non-hydrogen) atoms. The summed E-state index contributed by atoms with van der Waals surface area (Å²) in [6.07, 6.45) is -5.45. The molecule has 2 nitrogen and oxygen atoms in total. The second kappa shape index (κ2) is 5.44. The molecule has 0 aromatic heterocycles. The van der Waals surface area contributed by atoms with Crippen LogP contribution in [0.3, 0.4) is 0 Å². The summed E-state index contributed by atoms with van der Waals surface area (Å²) in [6, 6.07) is 6.60. The maximum atomic E-state index is 12.6. The van der Waals surface area contributed by atoms with Crippen molar-refractivity contribution in [3.8, 4) is 0 Å². The van der Waals surface area contributed by atoms with Crippen LogP contribution in [0.4, 0.5) is 13.2 Å². The fraction of sp³-hybridized carbons (Fsp3) is 0.364. The molecule has 0 aliphatic carbocycles. The minimum absolute atomic E-state index is 0.455. The second-order valence-corrected chi connectivity index (χ2v) is 4.76. The van der Waals surface area contributed by atoms with E-state index in [2.05, 4.69) is 0 Å². The zero-order valence-electron chi connectivity index (χ0n) is 8.99. The van der Waals surface area contributed by atoms with Gasteiger partial charge in [-0.05, 0) is 18.6 Å². The molecule has 1 unspecified atom stereocenters. The summed E-state index contributed by atoms with van der Waals surface area (Å²) in [5, 5.41) is 6.57. The van der Waals surface area contributed by atoms with E-state index in [1.54, 1.807) is 31.2 Å². The zero-order chi connectivity index (χ0) is 13.1. The molecule has 0 saturated carbocycles. The largest absolute Gasteiger partial charge is 0.481 e. The highest BCUT2D eigenvalue weighted by Crippen LogP contribution is 2.38. The van der Waals surface area contributed by atoms with E-state index in [9.17, 15) is 18.0 Å². The van der Waals surface area contributed by atoms with Crippen molar-refractivity contribution in [2.24, 2.45) is 0 Å². The number of hydrogen-bond donors (Lipinski definition) is 1. The van der Waals surface area contributed by atoms with Crippen LogP contribution in [0.25, 0.3) is 0 Å². The number of carboxylic acids is 1. The number of halogens is 3. The summed E-state index contributed by atoms with van der Waals surface area (Å²) >= 11 is 0.545. The van der Waals surface area contributed by atoms with Crippen molar-refractivity contribution in [1.29, 1.82) is 0 Å². The number of alkyl halides is 3. The Labute approximate surface area is 101 Å². The summed E-state index contributed by atoms with van der Waals surface area (Å²) in [6.45, 7) is 1.69. The molecule has 0 saturated heterocycles. The summed E-state index contributed by atoms with van der Waals surface area (Å²) < 4.78 is 37.8. The number of thioether (sulfide) groups is 1. The first-order valence-corrected chi connectivity index (χ1v) is 5.69. The van der Waals surface area contributed by atoms with Crippen molar-refractivity contribution in [1.82, 2.24) is 0 Å². The molecule has 1 aromatic carbocycles. The summed E-state index contributed by atoms with van der Waals surface area (Å²) in [5.41, 5.74) is 0.706. The maximum Gasteiger partial charge on any atom is 0.401 e. The third kappa shape index (κ3) is 4.30. The van der Waals surface area contributed by atoms with Gasteiger partial charge in [-0.3, -0.25) is 4.79 Å². The Morgan fingerprint density at radius 1 is 1.41 bits per heavy atom. The molecule has 94 valence electrons. The minimum Gasteiger partial charge on any atom is -0.481 e. The first-order chi connectivity index (χ1) is 7.80. The number of benzene rings is 1. The van der Waals surface area contributed by atoms with Crippen LogP contribution in [0.5, 0.6) is 0 Å². The predicted octanol–water partition coefficient (Wildman–Crippen LogP) is 3.49. The van der Waals surface area contributed by atoms with Gasteiger partial charge in [-0.25, -0.2) is 0 Å². The molecule has 1 rings (SSSR count). The van der Waals surface area contributed by atoms with Crippen molar-refractivity contribution in [2.75, 3.05) is 0 Å². The lowest BCUT2D eigenvalue weighted by molar-refractivity contribution is -0.149. The van der Waals surface area contributed by atoms with Crippen molar-refractivity contribution in [2.45, 2.75) is 29.7 Å². The average Bonchev–Trinajstić information content (AvgIpc) is 2.18. The van der Waals surface area contributed by atoms with Gasteiger partial charge in [0.05, 0.1) is 6.42 Å². The molecule has 1 N–H and O–H groups in total. The van der Waals surface area contributed by atoms with Crippen LogP contribution in [0.1, 0.15) is 12.0 Å². The molecular formula is C11H11F3O2S. The van der Waals surface area contributed by atoms with E-state index in [1.807, 2.05) is 0 Å². The Morgan fingerprint density at radius 3 is 2.47 bits per heavy atom. The van der Waals surface area contributed by atoms with E-state index in [4.69, 9.17) is 5.11 Å². The molecule has 0 fully saturated rings. The van der Waals surface area contributed by atoms with Gasteiger partial charge in [0.25, 0.3) is 0 Å². The highest BCUT2D eigenvalue weighted by atomic mass is 32.2. The van der Waals surface area contributed by atoms with E-state index in [1.165, 1.54) is 0 Å². The lowest BCUT2D eigenvalue weighted by Gasteiger charge is -2.18. The lowest BCUT2D eigenvalue weighted by Crippen LogP contribution is -2.28. The van der Waals surface area contributed by atoms with Crippen LogP contribution in [-0.2, 0) is 4.79 Å². The number of aliphatic carboxylic acids is 1. The van der Waals surface area contributed by atoms with E-state index in [0.29, 0.717) is 22.2 Å². The summed E-state index contributed by atoms with van der Waals surface area (Å²) in [5.74, 6) is -1.45. The molecule has 0 spiro atoms. The topological polar surface area (TPSA) is 37.3 Å². The van der Waals surface area contributed by atoms with Gasteiger partial charge in [-0.1, -0.05) is 18.2 Å². The Kier molecular flexibility index (Phi) is 4.45. The van der Waals surface area contributed by atoms with Crippen molar-refractivity contribution >= 4 is 17.7 Å². The lowest BCUT2D eigenvalue weighted by atomic mass is 10.2. The molecule has 1 atom stereocenters. The second-order valence-electron chi connectivity index (χ2n) is 3.51. The molecule has 0 bridgehead atoms. The van der Waals surface area contributed by atoms with Gasteiger partial charge in [-0.15, -0.1) is 11.8 Å². The van der Waals surface area contributed by atoms with Gasteiger partial charge in [0, 0.05) is 4.90 Å². The Morgan fingerprint density at radius 2 is 2.00 bits per heavy atom. The predicted molar refractivity (Wildman–Crippen MR) is 59.1 cm³/mol. The van der Waals surface area contributed by atoms with E-state index in [-0.39, 0.29) is 0 Å². The normalized spacial score (nSPS) is 13.4. The highest BCUT2D eigenvalue weighted by Gasteiger charge is 2.41. The van der Waals surface area contributed by atoms with Gasteiger partial charge >= 0.3 is 12.1 Å². The molecular weight excluding hydrogens is 253 g/mol. The first-order valence-electron chi connectivity index (χ1n) is 4.81. The number of aryl methyl sites for hydroxylation is 1. The Balaban J connectivity index is 2.87. The van der Waals surface area contributed by atoms with Gasteiger partial charge < -0.3 is 5.11 Å². The number of rotatable bonds is 4. The maximum absolute atomic E-state index is 12.6. The highest BCUT2D eigenvalue weighted by molar-refractivity contribution is 8.00. The zero-order valence-corrected chi connectivity index (χ0v) is 9.81. The van der Waals surface area contributed by atoms with Gasteiger partial charge in [0.1, 0.15) is 5.25 Å². The van der Waals surface area contributed by atoms with E-state index in [0.717, 1.165) is 0 Å². The molecule has 0 aliphatic rings. The SMILES string of the molecule is Cc1ccccc1SC(CC(=O)O)C(F)(F)F. The summed E-state index contributed by atoms with van der Waals surface area (Å²) in [4.78, 5) is 10.9. The molecule has 0 amide bonds. The number of carboxylic acid groups (broad SMARTS) is 1. The first kappa shape index (κ1) is 13.9. The number of carbonyl (C=O) groups is 1. The molecule has 6 heteroatoms. The van der Waals surface area contributed by atoms with Gasteiger partial charge in [0.2, 0.25) is 0 Å². The minimum atomic E-state index is -4.52. The fourth-order valence-corrected chi connectivity index (χ4v) is 2.30. The molecule has 0 aliphatic heterocycles. The third-order valence-corrected chi connectivity index (χ3v) is 3.52. The fourth-order valence-electron chi connectivity index (χ4n) is 1.22. The quantitative estimate of drug-likeness (QED) is 0.846. The van der Waals surface area contributed by atoms with Crippen molar-refractivity contribution in [3.05, 3.63) is 29.8 Å². The smallest absolute Gasteiger partial charge is 0.401 e. The van der Waals surface area contributed by atoms with Crippen LogP contribution in [0, 0.1) is 6.92 Å². The average molecular weight is 264 g/mol. The standard InChI is InChI=1S/C11H11F3O2S/c1-7-4-2-3-5-8(7)17-9(6-10(15)16)11(12,13)14/h2-5,9H,6H2,1H3,(H,15,16). The van der Waals surface area contributed by atoms with Crippen LogP contribution in [0.2, 0.25) is 0 Å². The van der Waals surface area contributed by atoms with Crippen molar-refractivity contribution < 1.29 is 23.1 Å². The van der Waals surface area contributed by atoms with Gasteiger partial charge in [-0.2, -0.15) is 13.2 Å². The summed E-state index contributed by atoms with van der Waals surface area (Å²) in [7, 11) is 0. The molecule has 0 heterocycles. The third-order valence-electron chi connectivity index (χ3n) is 2.09. The van der Waals surface area contributed by atoms with Crippen LogP contribution in [-0.4, -0.2) is 22.5 Å². The van der Waals surface area contributed by atoms with E-state index < -0.39 is 23.8 Å². The van der Waals surface area contributed by atoms with Crippen LogP contribution >= 0.6 is 11.8 Å². The van der Waals surface area contributed by atoms with Crippen LogP contribution in [0.15, 0.2) is 29.2 Å². The number of hydrogen-bond acceptors (Lipinski definition) is 2. The Bertz CT molecular complexity index is 404. The van der Waals surface area contributed by atoms with Crippen molar-refractivity contribution in [3.63, 3.8) is 0 Å².